The first kappa shape index (κ1) is 18.1. The Morgan fingerprint density at radius 2 is 1.78 bits per heavy atom. The van der Waals surface area contributed by atoms with Gasteiger partial charge in [-0.25, -0.2) is 9.18 Å². The molecule has 3 N–H and O–H groups in total. The first-order valence-electron chi connectivity index (χ1n) is 7.94. The number of amides is 3. The van der Waals surface area contributed by atoms with Crippen molar-refractivity contribution in [1.29, 1.82) is 0 Å². The van der Waals surface area contributed by atoms with Gasteiger partial charge >= 0.3 is 6.03 Å². The van der Waals surface area contributed by atoms with Gasteiger partial charge in [0.2, 0.25) is 0 Å². The molecule has 1 atom stereocenters. The minimum atomic E-state index is -0.792. The second kappa shape index (κ2) is 7.24. The highest BCUT2D eigenvalue weighted by Gasteiger charge is 2.31. The van der Waals surface area contributed by atoms with Gasteiger partial charge in [0, 0.05) is 23.5 Å². The van der Waals surface area contributed by atoms with Gasteiger partial charge in [0.15, 0.2) is 0 Å². The molecule has 0 spiro atoms. The number of urea groups is 1. The normalized spacial score (nSPS) is 16.4. The zero-order valence-electron chi connectivity index (χ0n) is 14.2. The zero-order valence-corrected chi connectivity index (χ0v) is 14.2. The van der Waals surface area contributed by atoms with Crippen LogP contribution in [-0.4, -0.2) is 16.9 Å². The Morgan fingerprint density at radius 3 is 2.37 bits per heavy atom. The van der Waals surface area contributed by atoms with Crippen LogP contribution in [0.15, 0.2) is 59.8 Å². The first-order chi connectivity index (χ1) is 12.8. The molecule has 1 aliphatic rings. The van der Waals surface area contributed by atoms with E-state index in [1.54, 1.807) is 6.92 Å². The lowest BCUT2D eigenvalue weighted by Crippen LogP contribution is -2.45. The molecule has 2 aromatic carbocycles. The van der Waals surface area contributed by atoms with Crippen LogP contribution in [0.4, 0.5) is 20.6 Å². The molecule has 3 rings (SSSR count). The molecule has 1 heterocycles. The fourth-order valence-electron chi connectivity index (χ4n) is 2.77. The molecule has 0 aliphatic carbocycles. The minimum absolute atomic E-state index is 0.1000. The zero-order chi connectivity index (χ0) is 19.6. The van der Waals surface area contributed by atoms with Crippen molar-refractivity contribution in [3.63, 3.8) is 0 Å². The summed E-state index contributed by atoms with van der Waals surface area (Å²) in [4.78, 5) is 34.9. The number of nitrogens with one attached hydrogen (secondary N) is 3. The van der Waals surface area contributed by atoms with Crippen molar-refractivity contribution in [2.45, 2.75) is 13.0 Å². The van der Waals surface area contributed by atoms with Gasteiger partial charge in [-0.1, -0.05) is 0 Å². The van der Waals surface area contributed by atoms with E-state index in [2.05, 4.69) is 16.0 Å². The Labute approximate surface area is 153 Å². The fraction of sp³-hybridized carbons (Fsp3) is 0.111. The predicted molar refractivity (Wildman–Crippen MR) is 95.2 cm³/mol. The number of nitro benzene ring substituents is 1. The summed E-state index contributed by atoms with van der Waals surface area (Å²) in [7, 11) is 0. The molecule has 0 saturated heterocycles. The molecule has 9 heteroatoms. The third-order valence-electron chi connectivity index (χ3n) is 4.05. The molecule has 138 valence electrons. The Morgan fingerprint density at radius 1 is 1.15 bits per heavy atom. The number of halogens is 1. The molecular formula is C18H15FN4O4. The monoisotopic (exact) mass is 370 g/mol. The number of carbonyl (C=O) groups excluding carboxylic acids is 2. The lowest BCUT2D eigenvalue weighted by molar-refractivity contribution is -0.384. The van der Waals surface area contributed by atoms with Crippen LogP contribution in [0, 0.1) is 15.9 Å². The van der Waals surface area contributed by atoms with Gasteiger partial charge in [0.1, 0.15) is 5.82 Å². The third-order valence-corrected chi connectivity index (χ3v) is 4.05. The number of rotatable bonds is 4. The van der Waals surface area contributed by atoms with E-state index in [1.165, 1.54) is 48.5 Å². The summed E-state index contributed by atoms with van der Waals surface area (Å²) in [5.41, 5.74) is 1.40. The SMILES string of the molecule is CC1=C(C(=O)Nc2ccc(F)cc2)[C@@H](c2ccc([N+](=O)[O-])cc2)NC(=O)N1. The van der Waals surface area contributed by atoms with Crippen LogP contribution in [0.5, 0.6) is 0 Å². The molecule has 0 aromatic heterocycles. The van der Waals surface area contributed by atoms with Crippen LogP contribution >= 0.6 is 0 Å². The topological polar surface area (TPSA) is 113 Å². The average molecular weight is 370 g/mol. The van der Waals surface area contributed by atoms with Crippen molar-refractivity contribution in [2.75, 3.05) is 5.32 Å². The Bertz CT molecular complexity index is 939. The molecule has 2 aromatic rings. The maximum absolute atomic E-state index is 13.0. The highest BCUT2D eigenvalue weighted by atomic mass is 19.1. The molecule has 0 unspecified atom stereocenters. The van der Waals surface area contributed by atoms with Gasteiger partial charge in [0.05, 0.1) is 16.5 Å². The molecule has 0 bridgehead atoms. The number of carbonyl (C=O) groups is 2. The van der Waals surface area contributed by atoms with E-state index >= 15 is 0 Å². The summed E-state index contributed by atoms with van der Waals surface area (Å²) in [5.74, 6) is -0.922. The smallest absolute Gasteiger partial charge is 0.319 e. The molecule has 0 saturated carbocycles. The summed E-state index contributed by atoms with van der Waals surface area (Å²) in [6.45, 7) is 1.58. The second-order valence-electron chi connectivity index (χ2n) is 5.88. The van der Waals surface area contributed by atoms with Crippen LogP contribution in [0.25, 0.3) is 0 Å². The summed E-state index contributed by atoms with van der Waals surface area (Å²) >= 11 is 0. The van der Waals surface area contributed by atoms with Gasteiger partial charge in [-0.15, -0.1) is 0 Å². The average Bonchev–Trinajstić information content (AvgIpc) is 2.63. The summed E-state index contributed by atoms with van der Waals surface area (Å²) < 4.78 is 13.0. The minimum Gasteiger partial charge on any atom is -0.327 e. The number of hydrogen-bond donors (Lipinski definition) is 3. The highest BCUT2D eigenvalue weighted by Crippen LogP contribution is 2.29. The fourth-order valence-corrected chi connectivity index (χ4v) is 2.77. The van der Waals surface area contributed by atoms with Gasteiger partial charge in [0.25, 0.3) is 11.6 Å². The van der Waals surface area contributed by atoms with Crippen molar-refractivity contribution in [2.24, 2.45) is 0 Å². The van der Waals surface area contributed by atoms with Crippen molar-refractivity contribution < 1.29 is 18.9 Å². The third kappa shape index (κ3) is 3.92. The summed E-state index contributed by atoms with van der Waals surface area (Å²) in [6.07, 6.45) is 0. The number of nitro groups is 1. The van der Waals surface area contributed by atoms with Crippen molar-refractivity contribution in [3.05, 3.63) is 81.3 Å². The molecule has 0 fully saturated rings. The van der Waals surface area contributed by atoms with Gasteiger partial charge < -0.3 is 16.0 Å². The van der Waals surface area contributed by atoms with E-state index in [0.29, 0.717) is 16.9 Å². The molecule has 0 radical (unpaired) electrons. The van der Waals surface area contributed by atoms with Gasteiger partial charge in [-0.05, 0) is 48.9 Å². The Kier molecular flexibility index (Phi) is 4.84. The van der Waals surface area contributed by atoms with Crippen molar-refractivity contribution >= 4 is 23.3 Å². The van der Waals surface area contributed by atoms with Crippen molar-refractivity contribution in [1.82, 2.24) is 10.6 Å². The molecular weight excluding hydrogens is 355 g/mol. The number of allylic oxidation sites excluding steroid dienone is 1. The van der Waals surface area contributed by atoms with Crippen LogP contribution < -0.4 is 16.0 Å². The van der Waals surface area contributed by atoms with E-state index in [9.17, 15) is 24.1 Å². The maximum atomic E-state index is 13.0. The predicted octanol–water partition coefficient (Wildman–Crippen LogP) is 3.00. The largest absolute Gasteiger partial charge is 0.327 e. The quantitative estimate of drug-likeness (QED) is 0.567. The van der Waals surface area contributed by atoms with Gasteiger partial charge in [-0.3, -0.25) is 14.9 Å². The molecule has 1 aliphatic heterocycles. The van der Waals surface area contributed by atoms with E-state index in [-0.39, 0.29) is 11.3 Å². The summed E-state index contributed by atoms with van der Waals surface area (Å²) in [5, 5.41) is 18.6. The number of anilines is 1. The Hall–Kier alpha value is -3.75. The van der Waals surface area contributed by atoms with Crippen LogP contribution in [0.2, 0.25) is 0 Å². The van der Waals surface area contributed by atoms with E-state index in [0.717, 1.165) is 0 Å². The van der Waals surface area contributed by atoms with Crippen LogP contribution in [0.3, 0.4) is 0 Å². The van der Waals surface area contributed by atoms with E-state index in [4.69, 9.17) is 0 Å². The number of non-ortho nitro benzene ring substituents is 1. The summed E-state index contributed by atoms with van der Waals surface area (Å²) in [6, 6.07) is 9.53. The van der Waals surface area contributed by atoms with E-state index < -0.39 is 28.7 Å². The van der Waals surface area contributed by atoms with Gasteiger partial charge in [-0.2, -0.15) is 0 Å². The lowest BCUT2D eigenvalue weighted by Gasteiger charge is -2.28. The molecule has 3 amide bonds. The van der Waals surface area contributed by atoms with Crippen LogP contribution in [-0.2, 0) is 4.79 Å². The van der Waals surface area contributed by atoms with E-state index in [1.807, 2.05) is 0 Å². The Balaban J connectivity index is 1.92. The number of nitrogens with zero attached hydrogens (tertiary/aromatic N) is 1. The molecule has 8 nitrogen and oxygen atoms in total. The second-order valence-corrected chi connectivity index (χ2v) is 5.88. The maximum Gasteiger partial charge on any atom is 0.319 e. The van der Waals surface area contributed by atoms with Crippen LogP contribution in [0.1, 0.15) is 18.5 Å². The molecule has 27 heavy (non-hydrogen) atoms. The number of hydrogen-bond acceptors (Lipinski definition) is 4. The lowest BCUT2D eigenvalue weighted by atomic mass is 9.94. The number of benzene rings is 2. The highest BCUT2D eigenvalue weighted by molar-refractivity contribution is 6.06. The first-order valence-corrected chi connectivity index (χ1v) is 7.94. The standard InChI is InChI=1S/C18H15FN4O4/c1-10-15(17(24)21-13-6-4-12(19)5-7-13)16(22-18(25)20-10)11-2-8-14(9-3-11)23(26)27/h2-9,16H,1H3,(H,21,24)(H2,20,22,25)/t16-/m1/s1. The van der Waals surface area contributed by atoms with Crippen molar-refractivity contribution in [3.8, 4) is 0 Å².